The molecule has 8 heteroatoms. The number of nitrogens with zero attached hydrogens (tertiary/aromatic N) is 1. The number of ether oxygens (including phenoxy) is 3. The smallest absolute Gasteiger partial charge is 0.347 e. The van der Waals surface area contributed by atoms with Crippen LogP contribution in [-0.4, -0.2) is 42.7 Å². The second kappa shape index (κ2) is 8.22. The second-order valence-corrected chi connectivity index (χ2v) is 7.18. The number of esters is 1. The number of rotatable bonds is 6. The van der Waals surface area contributed by atoms with Gasteiger partial charge in [-0.15, -0.1) is 0 Å². The van der Waals surface area contributed by atoms with Crippen LogP contribution in [0.15, 0.2) is 17.3 Å². The molecule has 2 rings (SSSR count). The van der Waals surface area contributed by atoms with Crippen molar-refractivity contribution in [1.82, 2.24) is 0 Å². The highest BCUT2D eigenvalue weighted by Crippen LogP contribution is 2.30. The van der Waals surface area contributed by atoms with Crippen LogP contribution in [0.5, 0.6) is 5.75 Å². The quantitative estimate of drug-likeness (QED) is 0.696. The molecule has 1 heterocycles. The van der Waals surface area contributed by atoms with E-state index in [1.807, 2.05) is 6.92 Å². The first-order valence-corrected chi connectivity index (χ1v) is 8.70. The monoisotopic (exact) mass is 387 g/mol. The fourth-order valence-electron chi connectivity index (χ4n) is 2.31. The Morgan fingerprint density at radius 3 is 2.77 bits per heavy atom. The summed E-state index contributed by atoms with van der Waals surface area (Å²) in [4.78, 5) is 17.3. The standard InChI is InChI=1S/C18H23ClFNO5/c1-6-23-15-9-24-21-16(15)11-7-12(19)13(20)8-14(11)25-10(2)17(22)26-18(3,4)5/h7-8,10,15H,6,9H2,1-5H3/t10-,15?/m0/s1. The van der Waals surface area contributed by atoms with Crippen LogP contribution >= 0.6 is 11.6 Å². The lowest BCUT2D eigenvalue weighted by atomic mass is 10.0. The molecule has 6 nitrogen and oxygen atoms in total. The van der Waals surface area contributed by atoms with Gasteiger partial charge in [0.15, 0.2) is 6.10 Å². The van der Waals surface area contributed by atoms with Crippen LogP contribution in [0.3, 0.4) is 0 Å². The summed E-state index contributed by atoms with van der Waals surface area (Å²) in [5.41, 5.74) is 0.176. The number of hydrogen-bond acceptors (Lipinski definition) is 6. The number of hydrogen-bond donors (Lipinski definition) is 0. The van der Waals surface area contributed by atoms with E-state index >= 15 is 0 Å². The van der Waals surface area contributed by atoms with Crippen LogP contribution < -0.4 is 4.74 Å². The maximum absolute atomic E-state index is 14.0. The molecular formula is C18H23ClFNO5. The van der Waals surface area contributed by atoms with Gasteiger partial charge in [0.05, 0.1) is 5.02 Å². The first-order valence-electron chi connectivity index (χ1n) is 8.32. The summed E-state index contributed by atoms with van der Waals surface area (Å²) in [5, 5.41) is 3.87. The first-order chi connectivity index (χ1) is 12.1. The number of carbonyl (C=O) groups excluding carboxylic acids is 1. The molecule has 0 saturated heterocycles. The molecule has 2 atom stereocenters. The van der Waals surface area contributed by atoms with Crippen molar-refractivity contribution in [2.75, 3.05) is 13.2 Å². The maximum Gasteiger partial charge on any atom is 0.347 e. The molecule has 0 bridgehead atoms. The van der Waals surface area contributed by atoms with Gasteiger partial charge >= 0.3 is 5.97 Å². The molecular weight excluding hydrogens is 365 g/mol. The van der Waals surface area contributed by atoms with Crippen LogP contribution in [0.4, 0.5) is 4.39 Å². The van der Waals surface area contributed by atoms with Crippen molar-refractivity contribution >= 4 is 23.3 Å². The summed E-state index contributed by atoms with van der Waals surface area (Å²) in [7, 11) is 0. The minimum Gasteiger partial charge on any atom is -0.478 e. The van der Waals surface area contributed by atoms with E-state index in [9.17, 15) is 9.18 Å². The van der Waals surface area contributed by atoms with Crippen molar-refractivity contribution in [3.8, 4) is 5.75 Å². The van der Waals surface area contributed by atoms with Crippen LogP contribution in [0.25, 0.3) is 0 Å². The zero-order valence-corrected chi connectivity index (χ0v) is 16.2. The molecule has 1 aromatic carbocycles. The highest BCUT2D eigenvalue weighted by atomic mass is 35.5. The SMILES string of the molecule is CCOC1CON=C1c1cc(Cl)c(F)cc1O[C@@H](C)C(=O)OC(C)(C)C. The Balaban J connectivity index is 2.30. The lowest BCUT2D eigenvalue weighted by Gasteiger charge is -2.23. The highest BCUT2D eigenvalue weighted by molar-refractivity contribution is 6.31. The van der Waals surface area contributed by atoms with E-state index in [1.165, 1.54) is 13.0 Å². The summed E-state index contributed by atoms with van der Waals surface area (Å²) in [6.45, 7) is 9.31. The van der Waals surface area contributed by atoms with Gasteiger partial charge in [-0.25, -0.2) is 9.18 Å². The van der Waals surface area contributed by atoms with Gasteiger partial charge < -0.3 is 19.0 Å². The van der Waals surface area contributed by atoms with Gasteiger partial charge in [-0.1, -0.05) is 16.8 Å². The molecule has 0 amide bonds. The van der Waals surface area contributed by atoms with Crippen molar-refractivity contribution in [3.63, 3.8) is 0 Å². The average molecular weight is 388 g/mol. The molecule has 0 aliphatic carbocycles. The van der Waals surface area contributed by atoms with Crippen molar-refractivity contribution in [2.24, 2.45) is 5.16 Å². The number of oxime groups is 1. The van der Waals surface area contributed by atoms with E-state index in [-0.39, 0.29) is 17.4 Å². The Bertz CT molecular complexity index is 702. The molecule has 1 unspecified atom stereocenters. The van der Waals surface area contributed by atoms with Crippen molar-refractivity contribution in [3.05, 3.63) is 28.5 Å². The van der Waals surface area contributed by atoms with Gasteiger partial charge in [-0.3, -0.25) is 0 Å². The summed E-state index contributed by atoms with van der Waals surface area (Å²) in [6, 6.07) is 2.50. The topological polar surface area (TPSA) is 66.3 Å². The predicted octanol–water partition coefficient (Wildman–Crippen LogP) is 3.73. The number of benzene rings is 1. The van der Waals surface area contributed by atoms with Crippen LogP contribution in [-0.2, 0) is 19.1 Å². The van der Waals surface area contributed by atoms with Crippen LogP contribution in [0.2, 0.25) is 5.02 Å². The summed E-state index contributed by atoms with van der Waals surface area (Å²) in [6.07, 6.45) is -1.39. The Morgan fingerprint density at radius 2 is 2.15 bits per heavy atom. The van der Waals surface area contributed by atoms with Crippen molar-refractivity contribution in [1.29, 1.82) is 0 Å². The maximum atomic E-state index is 14.0. The van der Waals surface area contributed by atoms with E-state index in [4.69, 9.17) is 30.6 Å². The third kappa shape index (κ3) is 5.08. The van der Waals surface area contributed by atoms with E-state index in [0.717, 1.165) is 6.07 Å². The van der Waals surface area contributed by atoms with Crippen molar-refractivity contribution in [2.45, 2.75) is 52.4 Å². The average Bonchev–Trinajstić information content (AvgIpc) is 2.97. The van der Waals surface area contributed by atoms with E-state index in [0.29, 0.717) is 17.9 Å². The van der Waals surface area contributed by atoms with Gasteiger partial charge in [0.2, 0.25) is 0 Å². The van der Waals surface area contributed by atoms with Gasteiger partial charge in [-0.05, 0) is 40.7 Å². The van der Waals surface area contributed by atoms with Gasteiger partial charge in [-0.2, -0.15) is 0 Å². The normalized spacial score (nSPS) is 18.1. The van der Waals surface area contributed by atoms with Gasteiger partial charge in [0, 0.05) is 18.2 Å². The Labute approximate surface area is 157 Å². The fourth-order valence-corrected chi connectivity index (χ4v) is 2.48. The number of halogens is 2. The highest BCUT2D eigenvalue weighted by Gasteiger charge is 2.30. The molecule has 1 aliphatic heterocycles. The predicted molar refractivity (Wildman–Crippen MR) is 95.2 cm³/mol. The van der Waals surface area contributed by atoms with Crippen LogP contribution in [0.1, 0.15) is 40.2 Å². The second-order valence-electron chi connectivity index (χ2n) is 6.77. The molecule has 1 aliphatic rings. The van der Waals surface area contributed by atoms with Crippen molar-refractivity contribution < 1.29 is 28.2 Å². The Hall–Kier alpha value is -1.86. The first kappa shape index (κ1) is 20.5. The lowest BCUT2D eigenvalue weighted by molar-refractivity contribution is -0.162. The number of carbonyl (C=O) groups is 1. The molecule has 0 fully saturated rings. The largest absolute Gasteiger partial charge is 0.478 e. The Kier molecular flexibility index (Phi) is 6.47. The molecule has 0 N–H and O–H groups in total. The Morgan fingerprint density at radius 1 is 1.46 bits per heavy atom. The van der Waals surface area contributed by atoms with Crippen LogP contribution in [0, 0.1) is 5.82 Å². The summed E-state index contributed by atoms with van der Waals surface area (Å²) >= 11 is 5.92. The molecule has 1 aromatic rings. The van der Waals surface area contributed by atoms with E-state index < -0.39 is 29.6 Å². The van der Waals surface area contributed by atoms with E-state index in [2.05, 4.69) is 5.16 Å². The third-order valence-electron chi connectivity index (χ3n) is 3.40. The molecule has 0 aromatic heterocycles. The molecule has 0 radical (unpaired) electrons. The zero-order valence-electron chi connectivity index (χ0n) is 15.5. The molecule has 144 valence electrons. The summed E-state index contributed by atoms with van der Waals surface area (Å²) < 4.78 is 30.5. The molecule has 26 heavy (non-hydrogen) atoms. The fraction of sp³-hybridized carbons (Fsp3) is 0.556. The molecule has 0 saturated carbocycles. The minimum atomic E-state index is -0.956. The van der Waals surface area contributed by atoms with Gasteiger partial charge in [0.25, 0.3) is 0 Å². The lowest BCUT2D eigenvalue weighted by Crippen LogP contribution is -2.34. The molecule has 0 spiro atoms. The minimum absolute atomic E-state index is 0.0953. The van der Waals surface area contributed by atoms with E-state index in [1.54, 1.807) is 20.8 Å². The zero-order chi connectivity index (χ0) is 19.5. The summed E-state index contributed by atoms with van der Waals surface area (Å²) in [5.74, 6) is -1.13. The third-order valence-corrected chi connectivity index (χ3v) is 3.69. The van der Waals surface area contributed by atoms with Gasteiger partial charge in [0.1, 0.15) is 35.6 Å².